The molecule has 21 heavy (non-hydrogen) atoms. The molecule has 112 valence electrons. The van der Waals surface area contributed by atoms with Crippen LogP contribution < -0.4 is 10.4 Å². The minimum absolute atomic E-state index is 0.113. The average molecular weight is 315 g/mol. The van der Waals surface area contributed by atoms with Crippen molar-refractivity contribution in [2.75, 3.05) is 5.32 Å². The SMILES string of the molecule is C[C@H](Nc1nc(C(F)(F)F)c(C(=O)[O-])s1)c1ccccc1. The molecule has 2 aromatic rings. The highest BCUT2D eigenvalue weighted by atomic mass is 32.1. The Balaban J connectivity index is 2.27. The number of anilines is 1. The number of aromatic nitrogens is 1. The second kappa shape index (κ2) is 5.72. The van der Waals surface area contributed by atoms with Crippen molar-refractivity contribution in [2.24, 2.45) is 0 Å². The first-order valence-electron chi connectivity index (χ1n) is 5.90. The quantitative estimate of drug-likeness (QED) is 0.942. The summed E-state index contributed by atoms with van der Waals surface area (Å²) in [4.78, 5) is 13.2. The van der Waals surface area contributed by atoms with Crippen molar-refractivity contribution in [2.45, 2.75) is 19.1 Å². The molecule has 0 saturated carbocycles. The molecule has 0 aliphatic carbocycles. The fourth-order valence-electron chi connectivity index (χ4n) is 1.72. The van der Waals surface area contributed by atoms with Gasteiger partial charge < -0.3 is 15.2 Å². The maximum absolute atomic E-state index is 12.7. The second-order valence-electron chi connectivity index (χ2n) is 4.26. The molecule has 2 rings (SSSR count). The topological polar surface area (TPSA) is 65.0 Å². The molecule has 0 spiro atoms. The summed E-state index contributed by atoms with van der Waals surface area (Å²) in [6.45, 7) is 1.74. The van der Waals surface area contributed by atoms with Gasteiger partial charge in [-0.2, -0.15) is 13.2 Å². The summed E-state index contributed by atoms with van der Waals surface area (Å²) in [5, 5.41) is 13.4. The summed E-state index contributed by atoms with van der Waals surface area (Å²) in [6, 6.07) is 8.69. The van der Waals surface area contributed by atoms with Crippen LogP contribution in [-0.2, 0) is 6.18 Å². The van der Waals surface area contributed by atoms with E-state index in [4.69, 9.17) is 0 Å². The van der Waals surface area contributed by atoms with Gasteiger partial charge in [0.05, 0.1) is 16.9 Å². The number of benzene rings is 1. The molecule has 1 aromatic heterocycles. The van der Waals surface area contributed by atoms with Gasteiger partial charge in [0.25, 0.3) is 0 Å². The summed E-state index contributed by atoms with van der Waals surface area (Å²) >= 11 is 0.413. The first kappa shape index (κ1) is 15.3. The van der Waals surface area contributed by atoms with E-state index in [2.05, 4.69) is 10.3 Å². The second-order valence-corrected chi connectivity index (χ2v) is 5.26. The Morgan fingerprint density at radius 2 is 1.95 bits per heavy atom. The fraction of sp³-hybridized carbons (Fsp3) is 0.231. The molecule has 4 nitrogen and oxygen atoms in total. The van der Waals surface area contributed by atoms with Gasteiger partial charge in [-0.3, -0.25) is 0 Å². The van der Waals surface area contributed by atoms with Crippen molar-refractivity contribution in [3.05, 3.63) is 46.5 Å². The summed E-state index contributed by atoms with van der Waals surface area (Å²) in [6.07, 6.45) is -4.83. The Kier molecular flexibility index (Phi) is 4.17. The molecule has 0 saturated heterocycles. The van der Waals surface area contributed by atoms with Gasteiger partial charge in [0.2, 0.25) is 0 Å². The molecule has 1 N–H and O–H groups in total. The summed E-state index contributed by atoms with van der Waals surface area (Å²) in [7, 11) is 0. The van der Waals surface area contributed by atoms with Gasteiger partial charge in [-0.15, -0.1) is 0 Å². The van der Waals surface area contributed by atoms with E-state index in [1.54, 1.807) is 31.2 Å². The third kappa shape index (κ3) is 3.52. The minimum Gasteiger partial charge on any atom is -0.544 e. The van der Waals surface area contributed by atoms with Crippen molar-refractivity contribution in [1.29, 1.82) is 0 Å². The van der Waals surface area contributed by atoms with Crippen LogP contribution in [-0.4, -0.2) is 11.0 Å². The van der Waals surface area contributed by atoms with Gasteiger partial charge >= 0.3 is 6.18 Å². The van der Waals surface area contributed by atoms with Gasteiger partial charge in [0, 0.05) is 0 Å². The van der Waals surface area contributed by atoms with Crippen molar-refractivity contribution >= 4 is 22.4 Å². The van der Waals surface area contributed by atoms with Gasteiger partial charge in [0.1, 0.15) is 0 Å². The van der Waals surface area contributed by atoms with Crippen molar-refractivity contribution in [1.82, 2.24) is 4.98 Å². The number of nitrogens with zero attached hydrogens (tertiary/aromatic N) is 1. The molecule has 0 aliphatic rings. The van der Waals surface area contributed by atoms with E-state index in [0.29, 0.717) is 11.3 Å². The van der Waals surface area contributed by atoms with Gasteiger partial charge in [-0.05, 0) is 12.5 Å². The molecule has 0 bridgehead atoms. The maximum Gasteiger partial charge on any atom is 0.434 e. The number of rotatable bonds is 4. The van der Waals surface area contributed by atoms with Crippen molar-refractivity contribution in [3.8, 4) is 0 Å². The Hall–Kier alpha value is -2.09. The smallest absolute Gasteiger partial charge is 0.434 e. The van der Waals surface area contributed by atoms with Crippen LogP contribution >= 0.6 is 11.3 Å². The monoisotopic (exact) mass is 315 g/mol. The van der Waals surface area contributed by atoms with E-state index in [-0.39, 0.29) is 11.2 Å². The van der Waals surface area contributed by atoms with Gasteiger partial charge in [0.15, 0.2) is 10.8 Å². The van der Waals surface area contributed by atoms with Crippen LogP contribution in [0.4, 0.5) is 18.3 Å². The average Bonchev–Trinajstić information content (AvgIpc) is 2.84. The molecule has 0 unspecified atom stereocenters. The van der Waals surface area contributed by atoms with E-state index in [0.717, 1.165) is 5.56 Å². The number of carbonyl (C=O) groups is 1. The number of aromatic carboxylic acids is 1. The minimum atomic E-state index is -4.83. The zero-order chi connectivity index (χ0) is 15.6. The number of halogens is 3. The lowest BCUT2D eigenvalue weighted by atomic mass is 10.1. The number of thiazole rings is 1. The number of carboxylic acid groups (broad SMARTS) is 1. The van der Waals surface area contributed by atoms with Crippen LogP contribution in [0.3, 0.4) is 0 Å². The summed E-state index contributed by atoms with van der Waals surface area (Å²) in [5.74, 6) is -1.89. The fourth-order valence-corrected chi connectivity index (χ4v) is 2.63. The van der Waals surface area contributed by atoms with E-state index in [1.165, 1.54) is 0 Å². The number of carbonyl (C=O) groups excluding carboxylic acids is 1. The van der Waals surface area contributed by atoms with Crippen LogP contribution in [0.2, 0.25) is 0 Å². The van der Waals surface area contributed by atoms with E-state index < -0.39 is 22.7 Å². The number of carboxylic acids is 1. The van der Waals surface area contributed by atoms with E-state index >= 15 is 0 Å². The molecule has 1 heterocycles. The van der Waals surface area contributed by atoms with Crippen LogP contribution in [0, 0.1) is 0 Å². The normalized spacial score (nSPS) is 13.0. The van der Waals surface area contributed by atoms with E-state index in [9.17, 15) is 23.1 Å². The van der Waals surface area contributed by atoms with Crippen molar-refractivity contribution < 1.29 is 23.1 Å². The Morgan fingerprint density at radius 1 is 1.33 bits per heavy atom. The molecule has 1 aromatic carbocycles. The zero-order valence-corrected chi connectivity index (χ0v) is 11.6. The van der Waals surface area contributed by atoms with Crippen LogP contribution in [0.5, 0.6) is 0 Å². The first-order valence-corrected chi connectivity index (χ1v) is 6.71. The largest absolute Gasteiger partial charge is 0.544 e. The number of hydrogen-bond donors (Lipinski definition) is 1. The highest BCUT2D eigenvalue weighted by molar-refractivity contribution is 7.17. The zero-order valence-electron chi connectivity index (χ0n) is 10.8. The highest BCUT2D eigenvalue weighted by Crippen LogP contribution is 2.36. The molecule has 1 atom stereocenters. The third-order valence-electron chi connectivity index (χ3n) is 2.72. The molecule has 0 aliphatic heterocycles. The Morgan fingerprint density at radius 3 is 2.43 bits per heavy atom. The summed E-state index contributed by atoms with van der Waals surface area (Å²) < 4.78 is 38.1. The van der Waals surface area contributed by atoms with Gasteiger partial charge in [-0.25, -0.2) is 4.98 Å². The molecule has 0 fully saturated rings. The highest BCUT2D eigenvalue weighted by Gasteiger charge is 2.38. The number of hydrogen-bond acceptors (Lipinski definition) is 5. The first-order chi connectivity index (χ1) is 9.79. The molecular weight excluding hydrogens is 305 g/mol. The van der Waals surface area contributed by atoms with Crippen molar-refractivity contribution in [3.63, 3.8) is 0 Å². The van der Waals surface area contributed by atoms with Gasteiger partial charge in [-0.1, -0.05) is 41.7 Å². The summed E-state index contributed by atoms with van der Waals surface area (Å²) in [5.41, 5.74) is -0.591. The Bertz CT molecular complexity index is 641. The number of nitrogens with one attached hydrogen (secondary N) is 1. The molecular formula is C13H10F3N2O2S-. The lowest BCUT2D eigenvalue weighted by Gasteiger charge is -2.12. The lowest BCUT2D eigenvalue weighted by Crippen LogP contribution is -2.24. The predicted molar refractivity (Wildman–Crippen MR) is 69.9 cm³/mol. The van der Waals surface area contributed by atoms with Crippen LogP contribution in [0.1, 0.15) is 33.9 Å². The maximum atomic E-state index is 12.7. The molecule has 8 heteroatoms. The van der Waals surface area contributed by atoms with E-state index in [1.807, 2.05) is 6.07 Å². The van der Waals surface area contributed by atoms with Crippen LogP contribution in [0.15, 0.2) is 30.3 Å². The Labute approximate surface area is 122 Å². The number of alkyl halides is 3. The molecule has 0 radical (unpaired) electrons. The van der Waals surface area contributed by atoms with Crippen LogP contribution in [0.25, 0.3) is 0 Å². The lowest BCUT2D eigenvalue weighted by molar-refractivity contribution is -0.255. The molecule has 0 amide bonds. The predicted octanol–water partition coefficient (Wildman–Crippen LogP) is 2.70. The third-order valence-corrected chi connectivity index (χ3v) is 3.69. The standard InChI is InChI=1S/C13H11F3N2O2S/c1-7(8-5-3-2-4-6-8)17-12-18-10(13(14,15)16)9(21-12)11(19)20/h2-7H,1H3,(H,17,18)(H,19,20)/p-1/t7-/m0/s1.